The summed E-state index contributed by atoms with van der Waals surface area (Å²) in [6.45, 7) is 2.01. The largest absolute Gasteiger partial charge is 0.138 e. The molecule has 3 rings (SSSR count). The van der Waals surface area contributed by atoms with Crippen LogP contribution in [0.25, 0.3) is 10.1 Å². The molecule has 1 unspecified atom stereocenters. The van der Waals surface area contributed by atoms with Gasteiger partial charge in [-0.25, -0.2) is 0 Å². The SMILES string of the molecule is Cc1cc(C(Cl)c2cc3ccccc3s2)sc1Cl. The highest BCUT2D eigenvalue weighted by Crippen LogP contribution is 2.41. The van der Waals surface area contributed by atoms with Crippen LogP contribution in [0.1, 0.15) is 20.7 Å². The van der Waals surface area contributed by atoms with Gasteiger partial charge in [0, 0.05) is 14.5 Å². The molecule has 0 saturated heterocycles. The first kappa shape index (κ1) is 12.5. The van der Waals surface area contributed by atoms with Crippen molar-refractivity contribution in [2.75, 3.05) is 0 Å². The molecule has 0 radical (unpaired) electrons. The van der Waals surface area contributed by atoms with Gasteiger partial charge in [0.1, 0.15) is 5.38 Å². The summed E-state index contributed by atoms with van der Waals surface area (Å²) in [7, 11) is 0. The van der Waals surface area contributed by atoms with Gasteiger partial charge in [0.05, 0.1) is 4.34 Å². The summed E-state index contributed by atoms with van der Waals surface area (Å²) in [5, 5.41) is 1.15. The highest BCUT2D eigenvalue weighted by molar-refractivity contribution is 7.20. The first-order chi connectivity index (χ1) is 8.65. The van der Waals surface area contributed by atoms with E-state index in [0.717, 1.165) is 14.8 Å². The average molecular weight is 313 g/mol. The first-order valence-corrected chi connectivity index (χ1v) is 7.98. The highest BCUT2D eigenvalue weighted by atomic mass is 35.5. The molecule has 0 aliphatic carbocycles. The number of halogens is 2. The van der Waals surface area contributed by atoms with Gasteiger partial charge in [-0.2, -0.15) is 0 Å². The topological polar surface area (TPSA) is 0 Å². The lowest BCUT2D eigenvalue weighted by molar-refractivity contribution is 1.24. The minimum atomic E-state index is -0.0985. The number of hydrogen-bond donors (Lipinski definition) is 0. The maximum atomic E-state index is 6.55. The van der Waals surface area contributed by atoms with Crippen molar-refractivity contribution in [3.8, 4) is 0 Å². The summed E-state index contributed by atoms with van der Waals surface area (Å²) in [6.07, 6.45) is 0. The summed E-state index contributed by atoms with van der Waals surface area (Å²) in [5.74, 6) is 0. The fourth-order valence-electron chi connectivity index (χ4n) is 1.88. The molecule has 0 fully saturated rings. The quantitative estimate of drug-likeness (QED) is 0.490. The summed E-state index contributed by atoms with van der Waals surface area (Å²) in [4.78, 5) is 2.29. The molecule has 2 heterocycles. The fraction of sp³-hybridized carbons (Fsp3) is 0.143. The van der Waals surface area contributed by atoms with Crippen molar-refractivity contribution in [1.29, 1.82) is 0 Å². The van der Waals surface area contributed by atoms with Crippen molar-refractivity contribution < 1.29 is 0 Å². The maximum Gasteiger partial charge on any atom is 0.102 e. The lowest BCUT2D eigenvalue weighted by atomic mass is 10.2. The second-order valence-electron chi connectivity index (χ2n) is 4.15. The van der Waals surface area contributed by atoms with Crippen LogP contribution in [0.4, 0.5) is 0 Å². The van der Waals surface area contributed by atoms with Gasteiger partial charge in [-0.05, 0) is 36.1 Å². The molecule has 0 spiro atoms. The van der Waals surface area contributed by atoms with Gasteiger partial charge in [-0.1, -0.05) is 29.8 Å². The zero-order valence-electron chi connectivity index (χ0n) is 9.61. The van der Waals surface area contributed by atoms with Gasteiger partial charge in [-0.15, -0.1) is 34.3 Å². The average Bonchev–Trinajstić information content (AvgIpc) is 2.93. The van der Waals surface area contributed by atoms with Crippen molar-refractivity contribution in [1.82, 2.24) is 0 Å². The van der Waals surface area contributed by atoms with Crippen LogP contribution in [0.15, 0.2) is 36.4 Å². The van der Waals surface area contributed by atoms with E-state index < -0.39 is 0 Å². The molecule has 4 heteroatoms. The molecule has 0 saturated carbocycles. The lowest BCUT2D eigenvalue weighted by Crippen LogP contribution is -1.84. The van der Waals surface area contributed by atoms with Crippen molar-refractivity contribution in [2.45, 2.75) is 12.3 Å². The third-order valence-electron chi connectivity index (χ3n) is 2.82. The summed E-state index contributed by atoms with van der Waals surface area (Å²) < 4.78 is 2.11. The van der Waals surface area contributed by atoms with Crippen molar-refractivity contribution in [2.24, 2.45) is 0 Å². The normalized spacial score (nSPS) is 13.1. The van der Waals surface area contributed by atoms with Crippen molar-refractivity contribution in [3.63, 3.8) is 0 Å². The first-order valence-electron chi connectivity index (χ1n) is 5.53. The molecule has 2 aromatic heterocycles. The van der Waals surface area contributed by atoms with Crippen LogP contribution in [0.5, 0.6) is 0 Å². The van der Waals surface area contributed by atoms with E-state index >= 15 is 0 Å². The Kier molecular flexibility index (Phi) is 3.37. The zero-order valence-corrected chi connectivity index (χ0v) is 12.8. The van der Waals surface area contributed by atoms with Crippen LogP contribution in [-0.2, 0) is 0 Å². The highest BCUT2D eigenvalue weighted by Gasteiger charge is 2.17. The van der Waals surface area contributed by atoms with Crippen molar-refractivity contribution in [3.05, 3.63) is 56.1 Å². The van der Waals surface area contributed by atoms with Gasteiger partial charge in [0.2, 0.25) is 0 Å². The second kappa shape index (κ2) is 4.86. The number of hydrogen-bond acceptors (Lipinski definition) is 2. The predicted molar refractivity (Wildman–Crippen MR) is 83.6 cm³/mol. The Morgan fingerprint density at radius 1 is 1.06 bits per heavy atom. The Morgan fingerprint density at radius 2 is 1.78 bits per heavy atom. The number of thiophene rings is 2. The number of aryl methyl sites for hydroxylation is 1. The Labute approximate surface area is 124 Å². The molecule has 1 atom stereocenters. The number of fused-ring (bicyclic) bond motifs is 1. The van der Waals surface area contributed by atoms with E-state index in [9.17, 15) is 0 Å². The molecule has 0 bridgehead atoms. The molecule has 92 valence electrons. The van der Waals surface area contributed by atoms with Crippen LogP contribution in [0, 0.1) is 6.92 Å². The van der Waals surface area contributed by atoms with E-state index in [-0.39, 0.29) is 5.38 Å². The molecule has 3 aromatic rings. The lowest BCUT2D eigenvalue weighted by Gasteiger charge is -2.02. The third kappa shape index (κ3) is 2.19. The van der Waals surface area contributed by atoms with Gasteiger partial charge >= 0.3 is 0 Å². The smallest absolute Gasteiger partial charge is 0.102 e. The van der Waals surface area contributed by atoms with Crippen molar-refractivity contribution >= 4 is 56.0 Å². The van der Waals surface area contributed by atoms with Gasteiger partial charge in [0.15, 0.2) is 0 Å². The van der Waals surface area contributed by atoms with E-state index in [1.165, 1.54) is 15.0 Å². The van der Waals surface area contributed by atoms with E-state index in [0.29, 0.717) is 0 Å². The zero-order chi connectivity index (χ0) is 12.7. The van der Waals surface area contributed by atoms with E-state index in [1.54, 1.807) is 22.7 Å². The van der Waals surface area contributed by atoms with Crippen LogP contribution in [0.3, 0.4) is 0 Å². The standard InChI is InChI=1S/C14H10Cl2S2/c1-8-6-11(18-14(8)16)13(15)12-7-9-4-2-3-5-10(9)17-12/h2-7,13H,1H3. The van der Waals surface area contributed by atoms with Gasteiger partial charge < -0.3 is 0 Å². The van der Waals surface area contributed by atoms with E-state index in [4.69, 9.17) is 23.2 Å². The number of alkyl halides is 1. The minimum absolute atomic E-state index is 0.0985. The fourth-order valence-corrected chi connectivity index (χ4v) is 4.62. The van der Waals surface area contributed by atoms with Crippen LogP contribution in [-0.4, -0.2) is 0 Å². The summed E-state index contributed by atoms with van der Waals surface area (Å²) in [6, 6.07) is 12.6. The van der Waals surface area contributed by atoms with Gasteiger partial charge in [-0.3, -0.25) is 0 Å². The second-order valence-corrected chi connectivity index (χ2v) is 7.39. The van der Waals surface area contributed by atoms with E-state index in [1.807, 2.05) is 13.0 Å². The summed E-state index contributed by atoms with van der Waals surface area (Å²) >= 11 is 16.0. The molecule has 0 aliphatic heterocycles. The molecule has 0 N–H and O–H groups in total. The number of rotatable bonds is 2. The number of benzene rings is 1. The predicted octanol–water partition coefficient (Wildman–Crippen LogP) is 6.25. The molecule has 0 aliphatic rings. The van der Waals surface area contributed by atoms with Gasteiger partial charge in [0.25, 0.3) is 0 Å². The molecule has 18 heavy (non-hydrogen) atoms. The minimum Gasteiger partial charge on any atom is -0.138 e. The molecule has 0 nitrogen and oxygen atoms in total. The Bertz CT molecular complexity index is 644. The maximum absolute atomic E-state index is 6.55. The monoisotopic (exact) mass is 312 g/mol. The molecule has 1 aromatic carbocycles. The van der Waals surface area contributed by atoms with Crippen LogP contribution in [0.2, 0.25) is 4.34 Å². The Hall–Kier alpha value is -0.540. The summed E-state index contributed by atoms with van der Waals surface area (Å²) in [5.41, 5.74) is 1.10. The van der Waals surface area contributed by atoms with Crippen LogP contribution < -0.4 is 0 Å². The molecular formula is C14H10Cl2S2. The molecule has 0 amide bonds. The van der Waals surface area contributed by atoms with Crippen LogP contribution >= 0.6 is 45.9 Å². The third-order valence-corrected chi connectivity index (χ3v) is 6.35. The molecular weight excluding hydrogens is 303 g/mol. The Balaban J connectivity index is 2.03. The van der Waals surface area contributed by atoms with E-state index in [2.05, 4.69) is 30.3 Å². The Morgan fingerprint density at radius 3 is 2.44 bits per heavy atom.